The molecule has 1 aliphatic rings. The molecule has 0 saturated carbocycles. The Morgan fingerprint density at radius 3 is 2.59 bits per heavy atom. The van der Waals surface area contributed by atoms with Gasteiger partial charge in [-0.2, -0.15) is 0 Å². The van der Waals surface area contributed by atoms with Crippen LogP contribution in [0.3, 0.4) is 0 Å². The van der Waals surface area contributed by atoms with Crippen molar-refractivity contribution in [2.24, 2.45) is 17.6 Å². The van der Waals surface area contributed by atoms with Gasteiger partial charge >= 0.3 is 0 Å². The van der Waals surface area contributed by atoms with Gasteiger partial charge < -0.3 is 16.0 Å². The number of carbonyl (C=O) groups excluding carboxylic acids is 2. The van der Waals surface area contributed by atoms with Crippen molar-refractivity contribution >= 4 is 22.6 Å². The van der Waals surface area contributed by atoms with Crippen molar-refractivity contribution in [3.05, 3.63) is 48.0 Å². The van der Waals surface area contributed by atoms with Crippen LogP contribution in [-0.4, -0.2) is 42.4 Å². The molecule has 1 saturated heterocycles. The monoisotopic (exact) mass is 367 g/mol. The third kappa shape index (κ3) is 4.66. The van der Waals surface area contributed by atoms with Crippen LogP contribution in [0, 0.1) is 11.8 Å². The van der Waals surface area contributed by atoms with E-state index in [0.29, 0.717) is 19.0 Å². The maximum absolute atomic E-state index is 12.9. The van der Waals surface area contributed by atoms with Gasteiger partial charge in [-0.25, -0.2) is 0 Å². The van der Waals surface area contributed by atoms with Gasteiger partial charge in [0.2, 0.25) is 11.8 Å². The molecule has 0 bridgehead atoms. The summed E-state index contributed by atoms with van der Waals surface area (Å²) in [5.74, 6) is 0.296. The maximum Gasteiger partial charge on any atom is 0.245 e. The maximum atomic E-state index is 12.9. The Labute approximate surface area is 160 Å². The Hall–Kier alpha value is -2.40. The number of benzene rings is 2. The van der Waals surface area contributed by atoms with Crippen LogP contribution in [-0.2, 0) is 16.0 Å². The molecular formula is C22H29N3O2. The lowest BCUT2D eigenvalue weighted by atomic mass is 10.0. The SMILES string of the molecule is CC(C)C(NC(=O)Cc1ccc2ccccc2c1)C(=O)N1CCC(CN)C1. The lowest BCUT2D eigenvalue weighted by molar-refractivity contribution is -0.136. The molecule has 5 heteroatoms. The van der Waals surface area contributed by atoms with Gasteiger partial charge in [-0.05, 0) is 41.1 Å². The number of likely N-dealkylation sites (tertiary alicyclic amines) is 1. The molecule has 1 aliphatic heterocycles. The van der Waals surface area contributed by atoms with E-state index in [9.17, 15) is 9.59 Å². The molecule has 3 rings (SSSR count). The third-order valence-corrected chi connectivity index (χ3v) is 5.36. The van der Waals surface area contributed by atoms with Gasteiger partial charge in [0, 0.05) is 13.1 Å². The first kappa shape index (κ1) is 19.4. The second-order valence-electron chi connectivity index (χ2n) is 7.82. The number of carbonyl (C=O) groups is 2. The Bertz CT molecular complexity index is 818. The molecule has 27 heavy (non-hydrogen) atoms. The summed E-state index contributed by atoms with van der Waals surface area (Å²) in [5.41, 5.74) is 6.68. The Morgan fingerprint density at radius 1 is 1.19 bits per heavy atom. The van der Waals surface area contributed by atoms with E-state index in [1.54, 1.807) is 0 Å². The number of nitrogens with one attached hydrogen (secondary N) is 1. The average Bonchev–Trinajstić information content (AvgIpc) is 3.14. The van der Waals surface area contributed by atoms with Gasteiger partial charge in [-0.1, -0.05) is 56.3 Å². The molecule has 3 N–H and O–H groups in total. The molecule has 2 atom stereocenters. The van der Waals surface area contributed by atoms with Gasteiger partial charge in [0.25, 0.3) is 0 Å². The molecular weight excluding hydrogens is 338 g/mol. The summed E-state index contributed by atoms with van der Waals surface area (Å²) in [6.45, 7) is 5.96. The molecule has 2 aromatic carbocycles. The van der Waals surface area contributed by atoms with E-state index in [-0.39, 0.29) is 24.2 Å². The van der Waals surface area contributed by atoms with E-state index >= 15 is 0 Å². The van der Waals surface area contributed by atoms with Crippen LogP contribution in [0.25, 0.3) is 10.8 Å². The van der Waals surface area contributed by atoms with Crippen molar-refractivity contribution in [1.82, 2.24) is 10.2 Å². The molecule has 0 aliphatic carbocycles. The first-order chi connectivity index (χ1) is 13.0. The molecule has 1 fully saturated rings. The predicted octanol–water partition coefficient (Wildman–Crippen LogP) is 2.33. The van der Waals surface area contributed by atoms with E-state index < -0.39 is 6.04 Å². The van der Waals surface area contributed by atoms with E-state index in [1.807, 2.05) is 55.1 Å². The topological polar surface area (TPSA) is 75.4 Å². The highest BCUT2D eigenvalue weighted by molar-refractivity contribution is 5.90. The number of fused-ring (bicyclic) bond motifs is 1. The van der Waals surface area contributed by atoms with E-state index in [0.717, 1.165) is 29.3 Å². The highest BCUT2D eigenvalue weighted by atomic mass is 16.2. The summed E-state index contributed by atoms with van der Waals surface area (Å²) in [6.07, 6.45) is 1.21. The van der Waals surface area contributed by atoms with Gasteiger partial charge in [0.05, 0.1) is 6.42 Å². The van der Waals surface area contributed by atoms with Crippen LogP contribution >= 0.6 is 0 Å². The fourth-order valence-electron chi connectivity index (χ4n) is 3.69. The number of hydrogen-bond donors (Lipinski definition) is 2. The molecule has 1 heterocycles. The van der Waals surface area contributed by atoms with Crippen LogP contribution in [0.15, 0.2) is 42.5 Å². The summed E-state index contributed by atoms with van der Waals surface area (Å²) < 4.78 is 0. The van der Waals surface area contributed by atoms with Crippen LogP contribution < -0.4 is 11.1 Å². The molecule has 2 aromatic rings. The number of rotatable bonds is 6. The largest absolute Gasteiger partial charge is 0.344 e. The average molecular weight is 367 g/mol. The predicted molar refractivity (Wildman–Crippen MR) is 108 cm³/mol. The number of nitrogens with two attached hydrogens (primary N) is 1. The van der Waals surface area contributed by atoms with Crippen molar-refractivity contribution in [1.29, 1.82) is 0 Å². The Balaban J connectivity index is 1.65. The summed E-state index contributed by atoms with van der Waals surface area (Å²) in [7, 11) is 0. The van der Waals surface area contributed by atoms with Crippen molar-refractivity contribution in [2.75, 3.05) is 19.6 Å². The zero-order valence-electron chi connectivity index (χ0n) is 16.2. The van der Waals surface area contributed by atoms with Gasteiger partial charge in [0.15, 0.2) is 0 Å². The first-order valence-electron chi connectivity index (χ1n) is 9.74. The van der Waals surface area contributed by atoms with Crippen molar-refractivity contribution in [2.45, 2.75) is 32.7 Å². The number of hydrogen-bond acceptors (Lipinski definition) is 3. The quantitative estimate of drug-likeness (QED) is 0.823. The molecule has 5 nitrogen and oxygen atoms in total. The second-order valence-corrected chi connectivity index (χ2v) is 7.82. The van der Waals surface area contributed by atoms with Crippen molar-refractivity contribution in [3.8, 4) is 0 Å². The second kappa shape index (κ2) is 8.53. The Kier molecular flexibility index (Phi) is 6.11. The lowest BCUT2D eigenvalue weighted by Crippen LogP contribution is -2.51. The van der Waals surface area contributed by atoms with Gasteiger partial charge in [0.1, 0.15) is 6.04 Å². The standard InChI is InChI=1S/C22H29N3O2/c1-15(2)21(22(27)25-10-9-17(13-23)14-25)24-20(26)12-16-7-8-18-5-3-4-6-19(18)11-16/h3-8,11,15,17,21H,9-10,12-14,23H2,1-2H3,(H,24,26). The highest BCUT2D eigenvalue weighted by Crippen LogP contribution is 2.19. The highest BCUT2D eigenvalue weighted by Gasteiger charge is 2.32. The third-order valence-electron chi connectivity index (χ3n) is 5.36. The fraction of sp³-hybridized carbons (Fsp3) is 0.455. The Morgan fingerprint density at radius 2 is 1.93 bits per heavy atom. The van der Waals surface area contributed by atoms with Crippen LogP contribution in [0.2, 0.25) is 0 Å². The molecule has 0 aromatic heterocycles. The summed E-state index contributed by atoms with van der Waals surface area (Å²) in [6, 6.07) is 13.6. The first-order valence-corrected chi connectivity index (χ1v) is 9.74. The van der Waals surface area contributed by atoms with E-state index in [4.69, 9.17) is 5.73 Å². The summed E-state index contributed by atoms with van der Waals surface area (Å²) >= 11 is 0. The molecule has 0 spiro atoms. The zero-order valence-corrected chi connectivity index (χ0v) is 16.2. The summed E-state index contributed by atoms with van der Waals surface area (Å²) in [5, 5.41) is 5.23. The van der Waals surface area contributed by atoms with Gasteiger partial charge in [-0.3, -0.25) is 9.59 Å². The van der Waals surface area contributed by atoms with E-state index in [1.165, 1.54) is 0 Å². The molecule has 2 unspecified atom stereocenters. The minimum absolute atomic E-state index is 0.00723. The normalized spacial score (nSPS) is 18.1. The molecule has 144 valence electrons. The molecule has 0 radical (unpaired) electrons. The van der Waals surface area contributed by atoms with Crippen molar-refractivity contribution in [3.63, 3.8) is 0 Å². The summed E-state index contributed by atoms with van der Waals surface area (Å²) in [4.78, 5) is 27.3. The van der Waals surface area contributed by atoms with Gasteiger partial charge in [-0.15, -0.1) is 0 Å². The lowest BCUT2D eigenvalue weighted by Gasteiger charge is -2.27. The number of nitrogens with zero attached hydrogens (tertiary/aromatic N) is 1. The molecule has 2 amide bonds. The van der Waals surface area contributed by atoms with Crippen LogP contribution in [0.1, 0.15) is 25.8 Å². The van der Waals surface area contributed by atoms with Crippen molar-refractivity contribution < 1.29 is 9.59 Å². The minimum Gasteiger partial charge on any atom is -0.344 e. The number of amides is 2. The van der Waals surface area contributed by atoms with E-state index in [2.05, 4.69) is 11.4 Å². The fourth-order valence-corrected chi connectivity index (χ4v) is 3.69. The van der Waals surface area contributed by atoms with Crippen LogP contribution in [0.5, 0.6) is 0 Å². The minimum atomic E-state index is -0.491. The smallest absolute Gasteiger partial charge is 0.245 e. The van der Waals surface area contributed by atoms with Crippen LogP contribution in [0.4, 0.5) is 0 Å². The zero-order chi connectivity index (χ0) is 19.4.